The van der Waals surface area contributed by atoms with Crippen LogP contribution < -0.4 is 19.1 Å². The molecule has 0 N–H and O–H groups in total. The van der Waals surface area contributed by atoms with Crippen molar-refractivity contribution >= 4 is 29.2 Å². The van der Waals surface area contributed by atoms with Crippen molar-refractivity contribution in [3.63, 3.8) is 0 Å². The lowest BCUT2D eigenvalue weighted by molar-refractivity contribution is -0.142. The van der Waals surface area contributed by atoms with Gasteiger partial charge in [0.1, 0.15) is 5.75 Å². The van der Waals surface area contributed by atoms with E-state index in [2.05, 4.69) is 0 Å². The number of anilines is 1. The number of amides is 1. The van der Waals surface area contributed by atoms with E-state index >= 15 is 0 Å². The zero-order chi connectivity index (χ0) is 25.7. The van der Waals surface area contributed by atoms with Crippen LogP contribution >= 0.6 is 11.6 Å². The maximum atomic E-state index is 13.7. The summed E-state index contributed by atoms with van der Waals surface area (Å²) in [5.74, 6) is 0.981. The Morgan fingerprint density at radius 1 is 0.944 bits per heavy atom. The Morgan fingerprint density at radius 3 is 2.28 bits per heavy atom. The number of fused-ring (bicyclic) bond motifs is 1. The fourth-order valence-electron chi connectivity index (χ4n) is 4.31. The summed E-state index contributed by atoms with van der Waals surface area (Å²) < 4.78 is 22.2. The third-order valence-corrected chi connectivity index (χ3v) is 6.10. The van der Waals surface area contributed by atoms with Crippen LogP contribution in [0.5, 0.6) is 17.2 Å². The Kier molecular flexibility index (Phi) is 8.00. The molecule has 4 rings (SSSR count). The molecule has 1 unspecified atom stereocenters. The zero-order valence-corrected chi connectivity index (χ0v) is 21.2. The molecule has 0 spiro atoms. The van der Waals surface area contributed by atoms with Crippen LogP contribution in [0.1, 0.15) is 36.6 Å². The summed E-state index contributed by atoms with van der Waals surface area (Å²) in [6.45, 7) is 4.49. The van der Waals surface area contributed by atoms with E-state index in [4.69, 9.17) is 30.5 Å². The van der Waals surface area contributed by atoms with Gasteiger partial charge < -0.3 is 18.9 Å². The van der Waals surface area contributed by atoms with Crippen LogP contribution in [0.2, 0.25) is 5.02 Å². The van der Waals surface area contributed by atoms with E-state index in [9.17, 15) is 9.59 Å². The Morgan fingerprint density at radius 2 is 1.61 bits per heavy atom. The molecule has 0 aliphatic carbocycles. The summed E-state index contributed by atoms with van der Waals surface area (Å²) in [7, 11) is 1.30. The highest BCUT2D eigenvalue weighted by Gasteiger charge is 2.37. The van der Waals surface area contributed by atoms with E-state index < -0.39 is 12.0 Å². The van der Waals surface area contributed by atoms with E-state index in [0.717, 1.165) is 16.7 Å². The van der Waals surface area contributed by atoms with E-state index in [0.29, 0.717) is 41.2 Å². The lowest BCUT2D eigenvalue weighted by atomic mass is 9.86. The highest BCUT2D eigenvalue weighted by atomic mass is 35.5. The van der Waals surface area contributed by atoms with Crippen molar-refractivity contribution in [2.45, 2.75) is 26.3 Å². The van der Waals surface area contributed by atoms with Crippen LogP contribution in [0.25, 0.3) is 0 Å². The normalized spacial score (nSPS) is 14.7. The van der Waals surface area contributed by atoms with Gasteiger partial charge in [0.25, 0.3) is 0 Å². The smallest absolute Gasteiger partial charge is 0.343 e. The largest absolute Gasteiger partial charge is 0.490 e. The number of carbonyl (C=O) groups excluding carboxylic acids is 2. The molecule has 1 heterocycles. The van der Waals surface area contributed by atoms with Crippen LogP contribution in [0, 0.1) is 0 Å². The molecule has 0 bridgehead atoms. The molecule has 7 nitrogen and oxygen atoms in total. The van der Waals surface area contributed by atoms with Crippen LogP contribution in [0.3, 0.4) is 0 Å². The maximum Gasteiger partial charge on any atom is 0.343 e. The molecule has 8 heteroatoms. The Balaban J connectivity index is 1.88. The topological polar surface area (TPSA) is 74.3 Å². The first-order valence-corrected chi connectivity index (χ1v) is 12.1. The minimum Gasteiger partial charge on any atom is -0.490 e. The first kappa shape index (κ1) is 25.4. The zero-order valence-electron chi connectivity index (χ0n) is 20.5. The lowest BCUT2D eigenvalue weighted by Gasteiger charge is -2.38. The van der Waals surface area contributed by atoms with Gasteiger partial charge in [-0.05, 0) is 66.9 Å². The highest BCUT2D eigenvalue weighted by molar-refractivity contribution is 6.30. The molecule has 1 aliphatic heterocycles. The highest BCUT2D eigenvalue weighted by Crippen LogP contribution is 2.45. The lowest BCUT2D eigenvalue weighted by Crippen LogP contribution is -2.41. The maximum absolute atomic E-state index is 13.7. The van der Waals surface area contributed by atoms with Gasteiger partial charge in [0.15, 0.2) is 18.1 Å². The number of hydrogen-bond acceptors (Lipinski definition) is 6. The fourth-order valence-corrected chi connectivity index (χ4v) is 4.44. The van der Waals surface area contributed by atoms with Crippen molar-refractivity contribution in [3.8, 4) is 17.2 Å². The first-order valence-electron chi connectivity index (χ1n) is 11.7. The molecule has 1 amide bonds. The number of halogens is 1. The predicted molar refractivity (Wildman–Crippen MR) is 137 cm³/mol. The monoisotopic (exact) mass is 509 g/mol. The standard InChI is InChI=1S/C28H28ClNO6/c1-4-34-24-14-19-15-26(31)30(22-8-6-7-9-23(22)36-17-27(32)33-3)28(18-10-12-20(29)13-11-18)21(19)16-25(24)35-5-2/h6-14,16,28H,4-5,15,17H2,1-3H3. The molecular weight excluding hydrogens is 482 g/mol. The summed E-state index contributed by atoms with van der Waals surface area (Å²) in [5, 5.41) is 0.594. The number of methoxy groups -OCH3 is 1. The summed E-state index contributed by atoms with van der Waals surface area (Å²) in [5.41, 5.74) is 3.18. The van der Waals surface area contributed by atoms with Gasteiger partial charge in [-0.25, -0.2) is 4.79 Å². The molecule has 188 valence electrons. The molecule has 3 aromatic rings. The Hall–Kier alpha value is -3.71. The Bertz CT molecular complexity index is 1240. The average Bonchev–Trinajstić information content (AvgIpc) is 2.88. The second-order valence-corrected chi connectivity index (χ2v) is 8.53. The van der Waals surface area contributed by atoms with Gasteiger partial charge in [-0.2, -0.15) is 0 Å². The van der Waals surface area contributed by atoms with Crippen molar-refractivity contribution in [1.82, 2.24) is 0 Å². The van der Waals surface area contributed by atoms with E-state index in [1.54, 1.807) is 35.2 Å². The van der Waals surface area contributed by atoms with Gasteiger partial charge in [0.05, 0.1) is 38.5 Å². The SMILES string of the molecule is CCOc1cc2c(cc1OCC)C(c1ccc(Cl)cc1)N(c1ccccc1OCC(=O)OC)C(=O)C2. The number of esters is 1. The van der Waals surface area contributed by atoms with Gasteiger partial charge >= 0.3 is 5.97 Å². The molecular formula is C28H28ClNO6. The minimum absolute atomic E-state index is 0.122. The molecule has 0 saturated heterocycles. The number of hydrogen-bond donors (Lipinski definition) is 0. The number of rotatable bonds is 9. The number of para-hydroxylation sites is 2. The first-order chi connectivity index (χ1) is 17.5. The molecule has 0 saturated carbocycles. The summed E-state index contributed by atoms with van der Waals surface area (Å²) in [4.78, 5) is 27.2. The van der Waals surface area contributed by atoms with Crippen molar-refractivity contribution < 1.29 is 28.5 Å². The fraction of sp³-hybridized carbons (Fsp3) is 0.286. The average molecular weight is 510 g/mol. The molecule has 36 heavy (non-hydrogen) atoms. The quantitative estimate of drug-likeness (QED) is 0.361. The van der Waals surface area contributed by atoms with Crippen molar-refractivity contribution in [2.24, 2.45) is 0 Å². The van der Waals surface area contributed by atoms with Gasteiger partial charge in [-0.15, -0.1) is 0 Å². The van der Waals surface area contributed by atoms with Gasteiger partial charge in [-0.3, -0.25) is 9.69 Å². The summed E-state index contributed by atoms with van der Waals surface area (Å²) in [6.07, 6.45) is 0.164. The molecule has 0 radical (unpaired) electrons. The third-order valence-electron chi connectivity index (χ3n) is 5.85. The van der Waals surface area contributed by atoms with E-state index in [1.807, 2.05) is 44.2 Å². The van der Waals surface area contributed by atoms with E-state index in [-0.39, 0.29) is 18.9 Å². The van der Waals surface area contributed by atoms with Crippen molar-refractivity contribution in [1.29, 1.82) is 0 Å². The predicted octanol–water partition coefficient (Wildman–Crippen LogP) is 5.37. The minimum atomic E-state index is -0.515. The number of carbonyl (C=O) groups is 2. The number of ether oxygens (including phenoxy) is 4. The summed E-state index contributed by atoms with van der Waals surface area (Å²) >= 11 is 6.18. The van der Waals surface area contributed by atoms with Crippen LogP contribution in [0.4, 0.5) is 5.69 Å². The third kappa shape index (κ3) is 5.26. The molecule has 0 aromatic heterocycles. The molecule has 3 aromatic carbocycles. The number of benzene rings is 3. The summed E-state index contributed by atoms with van der Waals surface area (Å²) in [6, 6.07) is 17.9. The molecule has 1 atom stereocenters. The second-order valence-electron chi connectivity index (χ2n) is 8.09. The number of nitrogens with zero attached hydrogens (tertiary/aromatic N) is 1. The molecule has 0 fully saturated rings. The van der Waals surface area contributed by atoms with Crippen LogP contribution in [-0.2, 0) is 20.7 Å². The van der Waals surface area contributed by atoms with E-state index in [1.165, 1.54) is 7.11 Å². The second kappa shape index (κ2) is 11.4. The van der Waals surface area contributed by atoms with Gasteiger partial charge in [-0.1, -0.05) is 35.9 Å². The van der Waals surface area contributed by atoms with Gasteiger partial charge in [0, 0.05) is 5.02 Å². The van der Waals surface area contributed by atoms with Crippen molar-refractivity contribution in [3.05, 3.63) is 82.4 Å². The van der Waals surface area contributed by atoms with Crippen LogP contribution in [0.15, 0.2) is 60.7 Å². The van der Waals surface area contributed by atoms with Crippen LogP contribution in [-0.4, -0.2) is 38.8 Å². The van der Waals surface area contributed by atoms with Gasteiger partial charge in [0.2, 0.25) is 5.91 Å². The molecule has 1 aliphatic rings. The Labute approximate surface area is 215 Å². The van der Waals surface area contributed by atoms with Crippen molar-refractivity contribution in [2.75, 3.05) is 31.8 Å².